The second-order valence-electron chi connectivity index (χ2n) is 4.37. The third-order valence-electron chi connectivity index (χ3n) is 2.50. The monoisotopic (exact) mass is 225 g/mol. The van der Waals surface area contributed by atoms with Crippen LogP contribution in [0.1, 0.15) is 50.1 Å². The highest BCUT2D eigenvalue weighted by Crippen LogP contribution is 2.09. The van der Waals surface area contributed by atoms with E-state index in [2.05, 4.69) is 10.3 Å². The minimum Gasteiger partial charge on any atom is -0.446 e. The van der Waals surface area contributed by atoms with Gasteiger partial charge in [0.2, 0.25) is 5.89 Å². The molecule has 5 nitrogen and oxygen atoms in total. The molecule has 16 heavy (non-hydrogen) atoms. The summed E-state index contributed by atoms with van der Waals surface area (Å²) in [6, 6.07) is -0.202. The predicted molar refractivity (Wildman–Crippen MR) is 60.9 cm³/mol. The molecule has 1 aromatic rings. The van der Waals surface area contributed by atoms with Crippen LogP contribution in [0.25, 0.3) is 0 Å². The van der Waals surface area contributed by atoms with E-state index in [1.165, 1.54) is 6.26 Å². The highest BCUT2D eigenvalue weighted by atomic mass is 16.3. The largest absolute Gasteiger partial charge is 0.446 e. The molecule has 0 spiro atoms. The summed E-state index contributed by atoms with van der Waals surface area (Å²) in [5.41, 5.74) is 5.87. The van der Waals surface area contributed by atoms with Gasteiger partial charge in [0.25, 0.3) is 5.91 Å². The number of amides is 1. The van der Waals surface area contributed by atoms with Crippen molar-refractivity contribution in [2.24, 2.45) is 11.7 Å². The SMILES string of the molecule is CC(N)c1nc(C(=O)NC(C)C(C)C)co1. The molecule has 0 radical (unpaired) electrons. The number of carbonyl (C=O) groups is 1. The van der Waals surface area contributed by atoms with Gasteiger partial charge in [-0.15, -0.1) is 0 Å². The van der Waals surface area contributed by atoms with Gasteiger partial charge >= 0.3 is 0 Å². The Morgan fingerprint density at radius 3 is 2.50 bits per heavy atom. The van der Waals surface area contributed by atoms with E-state index in [1.807, 2.05) is 20.8 Å². The molecule has 1 amide bonds. The Kier molecular flexibility index (Phi) is 4.06. The second kappa shape index (κ2) is 5.12. The first-order chi connectivity index (χ1) is 7.41. The van der Waals surface area contributed by atoms with Crippen LogP contribution in [-0.2, 0) is 0 Å². The molecule has 2 unspecified atom stereocenters. The summed E-state index contributed by atoms with van der Waals surface area (Å²) >= 11 is 0. The summed E-state index contributed by atoms with van der Waals surface area (Å²) < 4.78 is 5.09. The zero-order chi connectivity index (χ0) is 12.3. The third kappa shape index (κ3) is 3.06. The highest BCUT2D eigenvalue weighted by Gasteiger charge is 2.17. The topological polar surface area (TPSA) is 81.1 Å². The number of nitrogens with two attached hydrogens (primary N) is 1. The first-order valence-corrected chi connectivity index (χ1v) is 5.43. The molecule has 0 bridgehead atoms. The first kappa shape index (κ1) is 12.7. The molecule has 2 atom stereocenters. The van der Waals surface area contributed by atoms with Crippen molar-refractivity contribution in [3.63, 3.8) is 0 Å². The van der Waals surface area contributed by atoms with Crippen LogP contribution in [0.2, 0.25) is 0 Å². The molecule has 0 aliphatic carbocycles. The van der Waals surface area contributed by atoms with Gasteiger partial charge < -0.3 is 15.5 Å². The third-order valence-corrected chi connectivity index (χ3v) is 2.50. The minimum absolute atomic E-state index is 0.1000. The van der Waals surface area contributed by atoms with E-state index in [0.29, 0.717) is 11.8 Å². The van der Waals surface area contributed by atoms with Gasteiger partial charge in [-0.3, -0.25) is 4.79 Å². The molecule has 1 heterocycles. The molecular weight excluding hydrogens is 206 g/mol. The van der Waals surface area contributed by atoms with Crippen LogP contribution in [0.4, 0.5) is 0 Å². The Balaban J connectivity index is 2.66. The molecule has 3 N–H and O–H groups in total. The van der Waals surface area contributed by atoms with Crippen molar-refractivity contribution in [3.8, 4) is 0 Å². The van der Waals surface area contributed by atoms with Crippen LogP contribution in [-0.4, -0.2) is 16.9 Å². The molecule has 0 aliphatic rings. The quantitative estimate of drug-likeness (QED) is 0.813. The summed E-state index contributed by atoms with van der Waals surface area (Å²) in [4.78, 5) is 15.7. The lowest BCUT2D eigenvalue weighted by molar-refractivity contribution is 0.0925. The van der Waals surface area contributed by atoms with Crippen molar-refractivity contribution in [1.82, 2.24) is 10.3 Å². The van der Waals surface area contributed by atoms with E-state index in [-0.39, 0.29) is 23.7 Å². The van der Waals surface area contributed by atoms with Gasteiger partial charge in [-0.1, -0.05) is 13.8 Å². The fourth-order valence-electron chi connectivity index (χ4n) is 1.05. The smallest absolute Gasteiger partial charge is 0.273 e. The molecular formula is C11H19N3O2. The van der Waals surface area contributed by atoms with E-state index < -0.39 is 0 Å². The van der Waals surface area contributed by atoms with Crippen LogP contribution in [0, 0.1) is 5.92 Å². The average Bonchev–Trinajstić information content (AvgIpc) is 2.65. The lowest BCUT2D eigenvalue weighted by Crippen LogP contribution is -2.36. The van der Waals surface area contributed by atoms with Crippen molar-refractivity contribution >= 4 is 5.91 Å². The number of carbonyl (C=O) groups excluding carboxylic acids is 1. The zero-order valence-corrected chi connectivity index (χ0v) is 10.2. The lowest BCUT2D eigenvalue weighted by atomic mass is 10.1. The van der Waals surface area contributed by atoms with Crippen LogP contribution in [0.15, 0.2) is 10.7 Å². The summed E-state index contributed by atoms with van der Waals surface area (Å²) in [6.07, 6.45) is 1.33. The maximum absolute atomic E-state index is 11.7. The maximum atomic E-state index is 11.7. The number of nitrogens with one attached hydrogen (secondary N) is 1. The standard InChI is InChI=1S/C11H19N3O2/c1-6(2)8(4)13-10(15)9-5-16-11(14-9)7(3)12/h5-8H,12H2,1-4H3,(H,13,15). The first-order valence-electron chi connectivity index (χ1n) is 5.43. The summed E-state index contributed by atoms with van der Waals surface area (Å²) in [5, 5.41) is 2.85. The number of nitrogens with zero attached hydrogens (tertiary/aromatic N) is 1. The van der Waals surface area contributed by atoms with Crippen molar-refractivity contribution in [1.29, 1.82) is 0 Å². The molecule has 5 heteroatoms. The average molecular weight is 225 g/mol. The molecule has 90 valence electrons. The minimum atomic E-state index is -0.302. The van der Waals surface area contributed by atoms with E-state index in [4.69, 9.17) is 10.2 Å². The van der Waals surface area contributed by atoms with E-state index >= 15 is 0 Å². The van der Waals surface area contributed by atoms with Gasteiger partial charge in [-0.2, -0.15) is 0 Å². The number of rotatable bonds is 4. The Morgan fingerprint density at radius 1 is 1.44 bits per heavy atom. The molecule has 0 saturated heterocycles. The number of hydrogen-bond acceptors (Lipinski definition) is 4. The van der Waals surface area contributed by atoms with Crippen LogP contribution in [0.5, 0.6) is 0 Å². The Morgan fingerprint density at radius 2 is 2.06 bits per heavy atom. The Hall–Kier alpha value is -1.36. The molecule has 1 aromatic heterocycles. The fraction of sp³-hybridized carbons (Fsp3) is 0.636. The summed E-state index contributed by atoms with van der Waals surface area (Å²) in [6.45, 7) is 7.79. The van der Waals surface area contributed by atoms with Crippen molar-refractivity contribution < 1.29 is 9.21 Å². The van der Waals surface area contributed by atoms with Gasteiger partial charge in [0.05, 0.1) is 6.04 Å². The zero-order valence-electron chi connectivity index (χ0n) is 10.2. The maximum Gasteiger partial charge on any atom is 0.273 e. The van der Waals surface area contributed by atoms with Gasteiger partial charge in [0, 0.05) is 6.04 Å². The van der Waals surface area contributed by atoms with Crippen molar-refractivity contribution in [2.45, 2.75) is 39.8 Å². The highest BCUT2D eigenvalue weighted by molar-refractivity contribution is 5.92. The van der Waals surface area contributed by atoms with E-state index in [0.717, 1.165) is 0 Å². The molecule has 0 aromatic carbocycles. The molecule has 0 fully saturated rings. The van der Waals surface area contributed by atoms with E-state index in [1.54, 1.807) is 6.92 Å². The van der Waals surface area contributed by atoms with Gasteiger partial charge in [-0.05, 0) is 19.8 Å². The van der Waals surface area contributed by atoms with Gasteiger partial charge in [0.15, 0.2) is 5.69 Å². The van der Waals surface area contributed by atoms with Crippen LogP contribution in [0.3, 0.4) is 0 Å². The summed E-state index contributed by atoms with van der Waals surface area (Å²) in [7, 11) is 0. The fourth-order valence-corrected chi connectivity index (χ4v) is 1.05. The number of hydrogen-bond donors (Lipinski definition) is 2. The van der Waals surface area contributed by atoms with E-state index in [9.17, 15) is 4.79 Å². The predicted octanol–water partition coefficient (Wildman–Crippen LogP) is 1.47. The van der Waals surface area contributed by atoms with Crippen LogP contribution >= 0.6 is 0 Å². The Bertz CT molecular complexity index is 358. The molecule has 0 saturated carbocycles. The molecule has 1 rings (SSSR count). The second-order valence-corrected chi connectivity index (χ2v) is 4.37. The van der Waals surface area contributed by atoms with Gasteiger partial charge in [0.1, 0.15) is 6.26 Å². The normalized spacial score (nSPS) is 14.9. The van der Waals surface area contributed by atoms with Crippen molar-refractivity contribution in [3.05, 3.63) is 17.8 Å². The Labute approximate surface area is 95.4 Å². The number of oxazole rings is 1. The molecule has 0 aliphatic heterocycles. The summed E-state index contributed by atoms with van der Waals surface area (Å²) in [5.74, 6) is 0.531. The van der Waals surface area contributed by atoms with Crippen LogP contribution < -0.4 is 11.1 Å². The lowest BCUT2D eigenvalue weighted by Gasteiger charge is -2.16. The van der Waals surface area contributed by atoms with Gasteiger partial charge in [-0.25, -0.2) is 4.98 Å². The van der Waals surface area contributed by atoms with Crippen molar-refractivity contribution in [2.75, 3.05) is 0 Å². The number of aromatic nitrogens is 1.